The van der Waals surface area contributed by atoms with Crippen LogP contribution in [-0.2, 0) is 21.5 Å². The predicted octanol–water partition coefficient (Wildman–Crippen LogP) is 4.27. The lowest BCUT2D eigenvalue weighted by molar-refractivity contribution is -0.114. The van der Waals surface area contributed by atoms with Gasteiger partial charge in [-0.2, -0.15) is 8.42 Å². The van der Waals surface area contributed by atoms with Gasteiger partial charge in [-0.1, -0.05) is 35.9 Å². The molecule has 36 heavy (non-hydrogen) atoms. The minimum atomic E-state index is -4.11. The van der Waals surface area contributed by atoms with E-state index in [9.17, 15) is 18.0 Å². The number of amides is 2. The van der Waals surface area contributed by atoms with Crippen molar-refractivity contribution in [2.45, 2.75) is 18.4 Å². The molecule has 0 heterocycles. The SMILES string of the molecule is CC(=O)Nc1ccc(S(=O)(=O)Oc2cccc(CN(CCN(C)C)C(=O)c3ccccc3Cl)c2)cc1. The standard InChI is InChI=1S/C26H28ClN3O5S/c1-19(31)28-21-11-13-23(14-12-21)36(33,34)35-22-8-6-7-20(17-22)18-30(16-15-29(2)3)26(32)24-9-4-5-10-25(24)27/h4-14,17H,15-16,18H2,1-3H3,(H,28,31). The molecule has 8 nitrogen and oxygen atoms in total. The van der Waals surface area contributed by atoms with Crippen molar-refractivity contribution in [1.82, 2.24) is 9.80 Å². The van der Waals surface area contributed by atoms with Gasteiger partial charge in [-0.3, -0.25) is 9.59 Å². The Morgan fingerprint density at radius 3 is 2.28 bits per heavy atom. The average Bonchev–Trinajstić information content (AvgIpc) is 2.81. The first-order valence-corrected chi connectivity index (χ1v) is 12.9. The molecular weight excluding hydrogens is 502 g/mol. The monoisotopic (exact) mass is 529 g/mol. The Balaban J connectivity index is 1.79. The number of carbonyl (C=O) groups excluding carboxylic acids is 2. The topological polar surface area (TPSA) is 96.0 Å². The summed E-state index contributed by atoms with van der Waals surface area (Å²) in [4.78, 5) is 28.0. The van der Waals surface area contributed by atoms with Crippen molar-refractivity contribution in [1.29, 1.82) is 0 Å². The van der Waals surface area contributed by atoms with E-state index >= 15 is 0 Å². The number of benzene rings is 3. The third kappa shape index (κ3) is 7.55. The Bertz CT molecular complexity index is 1330. The number of likely N-dealkylation sites (N-methyl/N-ethyl adjacent to an activating group) is 1. The highest BCUT2D eigenvalue weighted by Gasteiger charge is 2.20. The Hall–Kier alpha value is -3.40. The molecule has 3 aromatic rings. The number of anilines is 1. The minimum absolute atomic E-state index is 0.0523. The van der Waals surface area contributed by atoms with Crippen molar-refractivity contribution in [3.8, 4) is 5.75 Å². The molecule has 3 rings (SSSR count). The van der Waals surface area contributed by atoms with Crippen molar-refractivity contribution in [3.05, 3.63) is 88.9 Å². The number of hydrogen-bond donors (Lipinski definition) is 1. The highest BCUT2D eigenvalue weighted by Crippen LogP contribution is 2.23. The number of carbonyl (C=O) groups is 2. The smallest absolute Gasteiger partial charge is 0.339 e. The molecule has 0 saturated heterocycles. The molecule has 0 aliphatic heterocycles. The lowest BCUT2D eigenvalue weighted by Gasteiger charge is -2.25. The fourth-order valence-corrected chi connectivity index (χ4v) is 4.52. The molecule has 3 aromatic carbocycles. The van der Waals surface area contributed by atoms with Gasteiger partial charge in [-0.25, -0.2) is 0 Å². The zero-order valence-corrected chi connectivity index (χ0v) is 21.8. The second-order valence-corrected chi connectivity index (χ2v) is 10.4. The molecule has 0 saturated carbocycles. The molecule has 10 heteroatoms. The van der Waals surface area contributed by atoms with E-state index in [0.717, 1.165) is 0 Å². The summed E-state index contributed by atoms with van der Waals surface area (Å²) in [5.41, 5.74) is 1.57. The Morgan fingerprint density at radius 2 is 1.64 bits per heavy atom. The lowest BCUT2D eigenvalue weighted by atomic mass is 10.1. The maximum absolute atomic E-state index is 13.2. The van der Waals surface area contributed by atoms with Crippen LogP contribution in [0.1, 0.15) is 22.8 Å². The predicted molar refractivity (Wildman–Crippen MR) is 140 cm³/mol. The van der Waals surface area contributed by atoms with Crippen LogP contribution in [0.2, 0.25) is 5.02 Å². The van der Waals surface area contributed by atoms with Gasteiger partial charge >= 0.3 is 10.1 Å². The molecule has 0 unspecified atom stereocenters. The van der Waals surface area contributed by atoms with Crippen molar-refractivity contribution in [2.24, 2.45) is 0 Å². The van der Waals surface area contributed by atoms with Crippen molar-refractivity contribution in [2.75, 3.05) is 32.5 Å². The highest BCUT2D eigenvalue weighted by molar-refractivity contribution is 7.87. The van der Waals surface area contributed by atoms with Crippen LogP contribution in [0.25, 0.3) is 0 Å². The molecule has 0 aliphatic rings. The first kappa shape index (κ1) is 27.2. The molecule has 0 spiro atoms. The summed E-state index contributed by atoms with van der Waals surface area (Å²) in [7, 11) is -0.274. The molecule has 190 valence electrons. The second kappa shape index (κ2) is 12.0. The Labute approximate surface area is 216 Å². The summed E-state index contributed by atoms with van der Waals surface area (Å²) in [5, 5.41) is 2.95. The minimum Gasteiger partial charge on any atom is -0.379 e. The summed E-state index contributed by atoms with van der Waals surface area (Å²) < 4.78 is 30.9. The van der Waals surface area contributed by atoms with Crippen LogP contribution in [0.4, 0.5) is 5.69 Å². The highest BCUT2D eigenvalue weighted by atomic mass is 35.5. The van der Waals surface area contributed by atoms with Crippen LogP contribution in [0.15, 0.2) is 77.7 Å². The van der Waals surface area contributed by atoms with E-state index in [1.807, 2.05) is 19.0 Å². The normalized spacial score (nSPS) is 11.2. The van der Waals surface area contributed by atoms with Gasteiger partial charge in [0.1, 0.15) is 10.6 Å². The summed E-state index contributed by atoms with van der Waals surface area (Å²) >= 11 is 6.25. The van der Waals surface area contributed by atoms with Crippen LogP contribution in [0.3, 0.4) is 0 Å². The van der Waals surface area contributed by atoms with Crippen LogP contribution in [-0.4, -0.2) is 57.2 Å². The third-order valence-corrected chi connectivity index (χ3v) is 6.74. The maximum Gasteiger partial charge on any atom is 0.339 e. The van der Waals surface area contributed by atoms with Crippen LogP contribution in [0.5, 0.6) is 5.75 Å². The fraction of sp³-hybridized carbons (Fsp3) is 0.231. The fourth-order valence-electron chi connectivity index (χ4n) is 3.38. The summed E-state index contributed by atoms with van der Waals surface area (Å²) in [6, 6.07) is 19.1. The van der Waals surface area contributed by atoms with Crippen molar-refractivity contribution >= 4 is 39.2 Å². The van der Waals surface area contributed by atoms with Crippen LogP contribution >= 0.6 is 11.6 Å². The molecule has 0 atom stereocenters. The first-order valence-electron chi connectivity index (χ1n) is 11.1. The molecule has 0 fully saturated rings. The molecule has 2 amide bonds. The summed E-state index contributed by atoms with van der Waals surface area (Å²) in [6.45, 7) is 2.68. The van der Waals surface area contributed by atoms with E-state index in [-0.39, 0.29) is 29.0 Å². The first-order chi connectivity index (χ1) is 17.0. The van der Waals surface area contributed by atoms with E-state index in [1.165, 1.54) is 37.3 Å². The third-order valence-electron chi connectivity index (χ3n) is 5.15. The van der Waals surface area contributed by atoms with Gasteiger partial charge in [0, 0.05) is 32.2 Å². The van der Waals surface area contributed by atoms with Crippen molar-refractivity contribution in [3.63, 3.8) is 0 Å². The molecule has 0 aromatic heterocycles. The van der Waals surface area contributed by atoms with Crippen molar-refractivity contribution < 1.29 is 22.2 Å². The quantitative estimate of drug-likeness (QED) is 0.394. The molecular formula is C26H28ClN3O5S. The van der Waals surface area contributed by atoms with E-state index in [4.69, 9.17) is 15.8 Å². The number of nitrogens with one attached hydrogen (secondary N) is 1. The van der Waals surface area contributed by atoms with Crippen LogP contribution < -0.4 is 9.50 Å². The van der Waals surface area contributed by atoms with Crippen LogP contribution in [0, 0.1) is 0 Å². The van der Waals surface area contributed by atoms with Gasteiger partial charge in [0.25, 0.3) is 5.91 Å². The van der Waals surface area contributed by atoms with E-state index in [1.54, 1.807) is 47.4 Å². The average molecular weight is 530 g/mol. The maximum atomic E-state index is 13.2. The molecule has 0 bridgehead atoms. The van der Waals surface area contributed by atoms with E-state index in [2.05, 4.69) is 5.32 Å². The number of rotatable bonds is 10. The number of nitrogens with zero attached hydrogens (tertiary/aromatic N) is 2. The van der Waals surface area contributed by atoms with Gasteiger partial charge in [0.05, 0.1) is 10.6 Å². The van der Waals surface area contributed by atoms with Gasteiger partial charge in [-0.05, 0) is 68.2 Å². The zero-order chi connectivity index (χ0) is 26.3. The largest absolute Gasteiger partial charge is 0.379 e. The summed E-state index contributed by atoms with van der Waals surface area (Å²) in [5.74, 6) is -0.358. The van der Waals surface area contributed by atoms with Gasteiger partial charge < -0.3 is 19.3 Å². The Morgan fingerprint density at radius 1 is 0.944 bits per heavy atom. The molecule has 1 N–H and O–H groups in total. The van der Waals surface area contributed by atoms with Gasteiger partial charge in [0.15, 0.2) is 0 Å². The summed E-state index contributed by atoms with van der Waals surface area (Å²) in [6.07, 6.45) is 0. The number of halogens is 1. The molecule has 0 aliphatic carbocycles. The van der Waals surface area contributed by atoms with E-state index in [0.29, 0.717) is 34.9 Å². The number of hydrogen-bond acceptors (Lipinski definition) is 6. The lowest BCUT2D eigenvalue weighted by Crippen LogP contribution is -2.36. The van der Waals surface area contributed by atoms with Gasteiger partial charge in [-0.15, -0.1) is 0 Å². The van der Waals surface area contributed by atoms with Gasteiger partial charge in [0.2, 0.25) is 5.91 Å². The Kier molecular flexibility index (Phi) is 9.08. The second-order valence-electron chi connectivity index (χ2n) is 8.40. The van der Waals surface area contributed by atoms with E-state index < -0.39 is 10.1 Å². The zero-order valence-electron chi connectivity index (χ0n) is 20.3. The molecule has 0 radical (unpaired) electrons.